The number of nitrogens with zero attached hydrogens (tertiary/aromatic N) is 2. The van der Waals surface area contributed by atoms with Crippen LogP contribution >= 0.6 is 0 Å². The van der Waals surface area contributed by atoms with E-state index in [0.29, 0.717) is 5.91 Å². The molecule has 2 aliphatic heterocycles. The number of likely N-dealkylation sites (tertiary alicyclic amines) is 1. The Kier molecular flexibility index (Phi) is 5.41. The van der Waals surface area contributed by atoms with Gasteiger partial charge in [0.15, 0.2) is 0 Å². The predicted octanol–water partition coefficient (Wildman–Crippen LogP) is -0.0809. The van der Waals surface area contributed by atoms with Gasteiger partial charge in [-0.15, -0.1) is 0 Å². The van der Waals surface area contributed by atoms with Crippen LogP contribution in [-0.2, 0) is 9.53 Å². The Morgan fingerprint density at radius 2 is 2.11 bits per heavy atom. The SMILES string of the molecule is CCOCCN1CCCC1C(=O)N1CCNCC1. The first kappa shape index (κ1) is 13.8. The van der Waals surface area contributed by atoms with Crippen molar-refractivity contribution in [1.82, 2.24) is 15.1 Å². The second-order valence-corrected chi connectivity index (χ2v) is 4.97. The quantitative estimate of drug-likeness (QED) is 0.698. The van der Waals surface area contributed by atoms with Crippen molar-refractivity contribution in [2.75, 3.05) is 52.5 Å². The summed E-state index contributed by atoms with van der Waals surface area (Å²) >= 11 is 0. The van der Waals surface area contributed by atoms with Crippen molar-refractivity contribution < 1.29 is 9.53 Å². The molecule has 5 nitrogen and oxygen atoms in total. The van der Waals surface area contributed by atoms with Crippen LogP contribution in [0.1, 0.15) is 19.8 Å². The molecular formula is C13H25N3O2. The lowest BCUT2D eigenvalue weighted by atomic mass is 10.1. The van der Waals surface area contributed by atoms with Crippen LogP contribution in [-0.4, -0.2) is 74.2 Å². The van der Waals surface area contributed by atoms with Gasteiger partial charge in [-0.2, -0.15) is 0 Å². The van der Waals surface area contributed by atoms with Crippen molar-refractivity contribution in [1.29, 1.82) is 0 Å². The van der Waals surface area contributed by atoms with Gasteiger partial charge in [-0.1, -0.05) is 0 Å². The molecule has 0 spiro atoms. The van der Waals surface area contributed by atoms with Gasteiger partial charge >= 0.3 is 0 Å². The van der Waals surface area contributed by atoms with Crippen LogP contribution in [0.5, 0.6) is 0 Å². The molecule has 0 radical (unpaired) electrons. The maximum atomic E-state index is 12.5. The van der Waals surface area contributed by atoms with Crippen molar-refractivity contribution in [3.05, 3.63) is 0 Å². The summed E-state index contributed by atoms with van der Waals surface area (Å²) in [5.41, 5.74) is 0. The minimum absolute atomic E-state index is 0.101. The standard InChI is InChI=1S/C13H25N3O2/c1-2-18-11-10-15-7-3-4-12(15)13(17)16-8-5-14-6-9-16/h12,14H,2-11H2,1H3. The molecule has 1 atom stereocenters. The largest absolute Gasteiger partial charge is 0.380 e. The van der Waals surface area contributed by atoms with Crippen LogP contribution in [0.25, 0.3) is 0 Å². The van der Waals surface area contributed by atoms with Crippen molar-refractivity contribution in [3.63, 3.8) is 0 Å². The molecule has 0 aliphatic carbocycles. The average Bonchev–Trinajstić information content (AvgIpc) is 2.88. The normalized spacial score (nSPS) is 25.6. The fourth-order valence-corrected chi connectivity index (χ4v) is 2.80. The van der Waals surface area contributed by atoms with Crippen LogP contribution < -0.4 is 5.32 Å². The van der Waals surface area contributed by atoms with Crippen LogP contribution in [0.3, 0.4) is 0 Å². The van der Waals surface area contributed by atoms with Gasteiger partial charge in [0, 0.05) is 39.3 Å². The van der Waals surface area contributed by atoms with E-state index in [1.54, 1.807) is 0 Å². The summed E-state index contributed by atoms with van der Waals surface area (Å²) in [6, 6.07) is 0.101. The van der Waals surface area contributed by atoms with Gasteiger partial charge in [0.25, 0.3) is 0 Å². The van der Waals surface area contributed by atoms with Crippen LogP contribution in [0.2, 0.25) is 0 Å². The summed E-state index contributed by atoms with van der Waals surface area (Å²) in [4.78, 5) is 16.8. The van der Waals surface area contributed by atoms with Gasteiger partial charge in [0.05, 0.1) is 12.6 Å². The van der Waals surface area contributed by atoms with Crippen LogP contribution in [0.4, 0.5) is 0 Å². The molecule has 0 aromatic rings. The van der Waals surface area contributed by atoms with E-state index in [2.05, 4.69) is 10.2 Å². The first-order valence-corrected chi connectivity index (χ1v) is 7.14. The molecule has 2 aliphatic rings. The van der Waals surface area contributed by atoms with E-state index in [1.165, 1.54) is 0 Å². The van der Waals surface area contributed by atoms with Crippen molar-refractivity contribution in [3.8, 4) is 0 Å². The average molecular weight is 255 g/mol. The number of carbonyl (C=O) groups excluding carboxylic acids is 1. The number of piperazine rings is 1. The summed E-state index contributed by atoms with van der Waals surface area (Å²) in [7, 11) is 0. The summed E-state index contributed by atoms with van der Waals surface area (Å²) in [5, 5.41) is 3.29. The smallest absolute Gasteiger partial charge is 0.240 e. The number of hydrogen-bond acceptors (Lipinski definition) is 4. The molecule has 2 heterocycles. The number of nitrogens with one attached hydrogen (secondary N) is 1. The zero-order valence-electron chi connectivity index (χ0n) is 11.4. The third kappa shape index (κ3) is 3.43. The van der Waals surface area contributed by atoms with E-state index in [0.717, 1.165) is 65.3 Å². The van der Waals surface area contributed by atoms with Crippen molar-refractivity contribution >= 4 is 5.91 Å². The second kappa shape index (κ2) is 7.07. The molecule has 104 valence electrons. The first-order valence-electron chi connectivity index (χ1n) is 7.14. The van der Waals surface area contributed by atoms with E-state index in [-0.39, 0.29) is 6.04 Å². The predicted molar refractivity (Wildman–Crippen MR) is 70.5 cm³/mol. The zero-order valence-corrected chi connectivity index (χ0v) is 11.4. The Labute approximate surface area is 109 Å². The van der Waals surface area contributed by atoms with E-state index in [4.69, 9.17) is 4.74 Å². The summed E-state index contributed by atoms with van der Waals surface area (Å²) in [6.07, 6.45) is 2.14. The molecule has 18 heavy (non-hydrogen) atoms. The molecule has 5 heteroatoms. The highest BCUT2D eigenvalue weighted by molar-refractivity contribution is 5.82. The molecule has 2 rings (SSSR count). The maximum Gasteiger partial charge on any atom is 0.240 e. The number of ether oxygens (including phenoxy) is 1. The Morgan fingerprint density at radius 1 is 1.33 bits per heavy atom. The summed E-state index contributed by atoms with van der Waals surface area (Å²) in [5.74, 6) is 0.325. The Morgan fingerprint density at radius 3 is 2.83 bits per heavy atom. The third-order valence-corrected chi connectivity index (χ3v) is 3.80. The maximum absolute atomic E-state index is 12.5. The van der Waals surface area contributed by atoms with Crippen LogP contribution in [0, 0.1) is 0 Å². The first-order chi connectivity index (χ1) is 8.83. The Balaban J connectivity index is 1.83. The summed E-state index contributed by atoms with van der Waals surface area (Å²) in [6.45, 7) is 8.99. The van der Waals surface area contributed by atoms with Gasteiger partial charge in [0.1, 0.15) is 0 Å². The summed E-state index contributed by atoms with van der Waals surface area (Å²) < 4.78 is 5.39. The van der Waals surface area contributed by atoms with E-state index in [9.17, 15) is 4.79 Å². The lowest BCUT2D eigenvalue weighted by molar-refractivity contribution is -0.136. The van der Waals surface area contributed by atoms with E-state index in [1.807, 2.05) is 11.8 Å². The lowest BCUT2D eigenvalue weighted by Gasteiger charge is -2.32. The monoisotopic (exact) mass is 255 g/mol. The molecular weight excluding hydrogens is 230 g/mol. The number of carbonyl (C=O) groups is 1. The minimum atomic E-state index is 0.101. The second-order valence-electron chi connectivity index (χ2n) is 4.97. The molecule has 1 amide bonds. The third-order valence-electron chi connectivity index (χ3n) is 3.80. The molecule has 2 fully saturated rings. The van der Waals surface area contributed by atoms with E-state index < -0.39 is 0 Å². The van der Waals surface area contributed by atoms with Gasteiger partial charge < -0.3 is 15.0 Å². The number of rotatable bonds is 5. The van der Waals surface area contributed by atoms with Gasteiger partial charge in [-0.05, 0) is 26.3 Å². The van der Waals surface area contributed by atoms with E-state index >= 15 is 0 Å². The molecule has 0 saturated carbocycles. The number of amides is 1. The zero-order chi connectivity index (χ0) is 12.8. The fourth-order valence-electron chi connectivity index (χ4n) is 2.80. The van der Waals surface area contributed by atoms with Crippen LogP contribution in [0.15, 0.2) is 0 Å². The molecule has 1 unspecified atom stereocenters. The highest BCUT2D eigenvalue weighted by Gasteiger charge is 2.33. The minimum Gasteiger partial charge on any atom is -0.380 e. The van der Waals surface area contributed by atoms with Crippen molar-refractivity contribution in [2.24, 2.45) is 0 Å². The highest BCUT2D eigenvalue weighted by atomic mass is 16.5. The molecule has 0 aromatic heterocycles. The van der Waals surface area contributed by atoms with Gasteiger partial charge in [0.2, 0.25) is 5.91 Å². The Hall–Kier alpha value is -0.650. The molecule has 1 N–H and O–H groups in total. The lowest BCUT2D eigenvalue weighted by Crippen LogP contribution is -2.52. The molecule has 2 saturated heterocycles. The van der Waals surface area contributed by atoms with Gasteiger partial charge in [-0.3, -0.25) is 9.69 Å². The molecule has 0 aromatic carbocycles. The topological polar surface area (TPSA) is 44.8 Å². The molecule has 0 bridgehead atoms. The fraction of sp³-hybridized carbons (Fsp3) is 0.923. The highest BCUT2D eigenvalue weighted by Crippen LogP contribution is 2.19. The number of hydrogen-bond donors (Lipinski definition) is 1. The Bertz CT molecular complexity index is 267. The van der Waals surface area contributed by atoms with Crippen molar-refractivity contribution in [2.45, 2.75) is 25.8 Å². The van der Waals surface area contributed by atoms with Gasteiger partial charge in [-0.25, -0.2) is 0 Å².